The lowest BCUT2D eigenvalue weighted by molar-refractivity contribution is 0.0697. The largest absolute Gasteiger partial charge is 0.478 e. The molecule has 2 rings (SSSR count). The molecule has 0 aromatic carbocycles. The van der Waals surface area contributed by atoms with Crippen molar-refractivity contribution in [3.63, 3.8) is 0 Å². The number of aromatic carboxylic acids is 1. The van der Waals surface area contributed by atoms with Crippen LogP contribution in [0.1, 0.15) is 36.8 Å². The molecule has 2 heterocycles. The van der Waals surface area contributed by atoms with E-state index >= 15 is 0 Å². The Morgan fingerprint density at radius 2 is 2.15 bits per heavy atom. The Hall–Kier alpha value is -1.66. The Bertz CT molecular complexity index is 649. The molecule has 0 saturated carbocycles. The van der Waals surface area contributed by atoms with Gasteiger partial charge in [0.15, 0.2) is 5.13 Å². The van der Waals surface area contributed by atoms with Crippen LogP contribution in [0.3, 0.4) is 0 Å². The highest BCUT2D eigenvalue weighted by Crippen LogP contribution is 2.28. The maximum atomic E-state index is 11.0. The fraction of sp³-hybridized carbons (Fsp3) is 0.308. The Balaban J connectivity index is 2.24. The van der Waals surface area contributed by atoms with Gasteiger partial charge in [-0.1, -0.05) is 32.4 Å². The van der Waals surface area contributed by atoms with E-state index in [0.717, 1.165) is 5.69 Å². The van der Waals surface area contributed by atoms with E-state index in [1.165, 1.54) is 23.6 Å². The van der Waals surface area contributed by atoms with Gasteiger partial charge in [-0.2, -0.15) is 0 Å². The lowest BCUT2D eigenvalue weighted by atomic mass is 9.93. The molecule has 0 aliphatic carbocycles. The fourth-order valence-corrected chi connectivity index (χ4v) is 2.58. The molecule has 2 N–H and O–H groups in total. The number of carboxylic acid groups (broad SMARTS) is 1. The number of pyridine rings is 1. The maximum Gasteiger partial charge on any atom is 0.337 e. The summed E-state index contributed by atoms with van der Waals surface area (Å²) in [4.78, 5) is 19.5. The third kappa shape index (κ3) is 3.26. The van der Waals surface area contributed by atoms with Crippen LogP contribution in [0, 0.1) is 0 Å². The van der Waals surface area contributed by atoms with E-state index < -0.39 is 5.97 Å². The summed E-state index contributed by atoms with van der Waals surface area (Å²) >= 11 is 7.22. The van der Waals surface area contributed by atoms with Crippen molar-refractivity contribution in [1.82, 2.24) is 9.97 Å². The molecule has 0 aliphatic rings. The molecule has 0 spiro atoms. The van der Waals surface area contributed by atoms with Crippen molar-refractivity contribution in [2.75, 3.05) is 5.32 Å². The molecular weight excluding hydrogens is 298 g/mol. The number of rotatable bonds is 3. The lowest BCUT2D eigenvalue weighted by Gasteiger charge is -2.14. The number of carboxylic acids is 1. The van der Waals surface area contributed by atoms with Crippen LogP contribution in [0.5, 0.6) is 0 Å². The summed E-state index contributed by atoms with van der Waals surface area (Å²) in [5.41, 5.74) is 0.949. The van der Waals surface area contributed by atoms with Crippen LogP contribution in [-0.2, 0) is 5.41 Å². The second-order valence-corrected chi connectivity index (χ2v) is 6.53. The van der Waals surface area contributed by atoms with Crippen LogP contribution in [-0.4, -0.2) is 21.0 Å². The Labute approximate surface area is 125 Å². The Kier molecular flexibility index (Phi) is 3.96. The predicted octanol–water partition coefficient (Wildman–Crippen LogP) is 3.93. The van der Waals surface area contributed by atoms with Gasteiger partial charge in [0.1, 0.15) is 5.82 Å². The molecule has 2 aromatic rings. The van der Waals surface area contributed by atoms with Crippen LogP contribution in [0.25, 0.3) is 0 Å². The van der Waals surface area contributed by atoms with Crippen LogP contribution in [0.15, 0.2) is 17.6 Å². The third-order valence-electron chi connectivity index (χ3n) is 2.59. The lowest BCUT2D eigenvalue weighted by Crippen LogP contribution is -2.11. The summed E-state index contributed by atoms with van der Waals surface area (Å²) in [7, 11) is 0. The molecule has 0 amide bonds. The molecule has 0 aliphatic heterocycles. The number of nitrogens with one attached hydrogen (secondary N) is 1. The summed E-state index contributed by atoms with van der Waals surface area (Å²) < 4.78 is 0. The van der Waals surface area contributed by atoms with E-state index in [4.69, 9.17) is 16.7 Å². The van der Waals surface area contributed by atoms with Gasteiger partial charge in [0.05, 0.1) is 16.3 Å². The van der Waals surface area contributed by atoms with E-state index in [1.54, 1.807) is 0 Å². The molecular formula is C13H14ClN3O2S. The smallest absolute Gasteiger partial charge is 0.337 e. The highest BCUT2D eigenvalue weighted by molar-refractivity contribution is 7.13. The maximum absolute atomic E-state index is 11.0. The van der Waals surface area contributed by atoms with Gasteiger partial charge in [0, 0.05) is 17.0 Å². The molecule has 0 bridgehead atoms. The molecule has 5 nitrogen and oxygen atoms in total. The highest BCUT2D eigenvalue weighted by atomic mass is 35.5. The van der Waals surface area contributed by atoms with Gasteiger partial charge in [0.2, 0.25) is 0 Å². The van der Waals surface area contributed by atoms with Crippen LogP contribution >= 0.6 is 22.9 Å². The number of thiazole rings is 1. The molecule has 20 heavy (non-hydrogen) atoms. The topological polar surface area (TPSA) is 75.1 Å². The van der Waals surface area contributed by atoms with Crippen molar-refractivity contribution >= 4 is 39.9 Å². The van der Waals surface area contributed by atoms with Crippen LogP contribution in [0.2, 0.25) is 5.02 Å². The third-order valence-corrected chi connectivity index (χ3v) is 3.65. The van der Waals surface area contributed by atoms with Crippen molar-refractivity contribution in [2.45, 2.75) is 26.2 Å². The zero-order valence-electron chi connectivity index (χ0n) is 11.3. The number of carbonyl (C=O) groups is 1. The minimum Gasteiger partial charge on any atom is -0.478 e. The van der Waals surface area contributed by atoms with Crippen molar-refractivity contribution in [3.05, 3.63) is 33.9 Å². The van der Waals surface area contributed by atoms with Crippen LogP contribution in [0.4, 0.5) is 10.9 Å². The normalized spacial score (nSPS) is 11.4. The van der Waals surface area contributed by atoms with Gasteiger partial charge in [-0.3, -0.25) is 0 Å². The molecule has 0 atom stereocenters. The Morgan fingerprint density at radius 1 is 1.45 bits per heavy atom. The monoisotopic (exact) mass is 311 g/mol. The van der Waals surface area contributed by atoms with Gasteiger partial charge in [-0.05, 0) is 6.07 Å². The number of aromatic nitrogens is 2. The van der Waals surface area contributed by atoms with E-state index in [2.05, 4.69) is 36.1 Å². The zero-order chi connectivity index (χ0) is 14.9. The minimum atomic E-state index is -1.09. The van der Waals surface area contributed by atoms with Gasteiger partial charge >= 0.3 is 5.97 Å². The van der Waals surface area contributed by atoms with Crippen molar-refractivity contribution in [3.8, 4) is 0 Å². The average molecular weight is 312 g/mol. The zero-order valence-corrected chi connectivity index (χ0v) is 12.8. The van der Waals surface area contributed by atoms with Gasteiger partial charge in [-0.25, -0.2) is 14.8 Å². The first-order valence-electron chi connectivity index (χ1n) is 5.89. The van der Waals surface area contributed by atoms with Crippen molar-refractivity contribution < 1.29 is 9.90 Å². The molecule has 0 radical (unpaired) electrons. The van der Waals surface area contributed by atoms with Gasteiger partial charge in [-0.15, -0.1) is 11.3 Å². The summed E-state index contributed by atoms with van der Waals surface area (Å²) in [5, 5.41) is 14.8. The predicted molar refractivity (Wildman–Crippen MR) is 80.3 cm³/mol. The Morgan fingerprint density at radius 3 is 2.70 bits per heavy atom. The van der Waals surface area contributed by atoms with E-state index in [-0.39, 0.29) is 16.0 Å². The number of hydrogen-bond acceptors (Lipinski definition) is 5. The molecule has 0 unspecified atom stereocenters. The fourth-order valence-electron chi connectivity index (χ4n) is 1.46. The molecule has 7 heteroatoms. The highest BCUT2D eigenvalue weighted by Gasteiger charge is 2.18. The number of nitrogens with zero attached hydrogens (tertiary/aromatic N) is 2. The molecule has 2 aromatic heterocycles. The molecule has 0 fully saturated rings. The summed E-state index contributed by atoms with van der Waals surface area (Å²) in [5.74, 6) is -0.684. The van der Waals surface area contributed by atoms with Gasteiger partial charge in [0.25, 0.3) is 0 Å². The van der Waals surface area contributed by atoms with Crippen molar-refractivity contribution in [1.29, 1.82) is 0 Å². The molecule has 106 valence electrons. The number of halogens is 1. The standard InChI is InChI=1S/C13H14ClN3O2S/c1-13(2,3)9-6-20-12(16-9)17-10-4-7(11(18)19)8(14)5-15-10/h4-6H,1-3H3,(H,18,19)(H,15,16,17). The van der Waals surface area contributed by atoms with E-state index in [1.807, 2.05) is 5.38 Å². The summed E-state index contributed by atoms with van der Waals surface area (Å²) in [6.07, 6.45) is 1.31. The SMILES string of the molecule is CC(C)(C)c1csc(Nc2cc(C(=O)O)c(Cl)cn2)n1. The van der Waals surface area contributed by atoms with E-state index in [9.17, 15) is 4.79 Å². The summed E-state index contributed by atoms with van der Waals surface area (Å²) in [6, 6.07) is 1.39. The van der Waals surface area contributed by atoms with E-state index in [0.29, 0.717) is 10.9 Å². The average Bonchev–Trinajstić information content (AvgIpc) is 2.79. The minimum absolute atomic E-state index is 0.0109. The summed E-state index contributed by atoms with van der Waals surface area (Å²) in [6.45, 7) is 6.23. The first-order valence-corrected chi connectivity index (χ1v) is 7.15. The first kappa shape index (κ1) is 14.7. The second kappa shape index (κ2) is 5.38. The van der Waals surface area contributed by atoms with Gasteiger partial charge < -0.3 is 10.4 Å². The second-order valence-electron chi connectivity index (χ2n) is 5.27. The molecule has 0 saturated heterocycles. The number of hydrogen-bond donors (Lipinski definition) is 2. The first-order chi connectivity index (χ1) is 9.27. The quantitative estimate of drug-likeness (QED) is 0.898. The van der Waals surface area contributed by atoms with Crippen molar-refractivity contribution in [2.24, 2.45) is 0 Å². The van der Waals surface area contributed by atoms with Crippen LogP contribution < -0.4 is 5.32 Å². The number of anilines is 2.